The van der Waals surface area contributed by atoms with E-state index in [9.17, 15) is 9.59 Å². The fourth-order valence-corrected chi connectivity index (χ4v) is 4.03. The number of hydrogen-bond acceptors (Lipinski definition) is 7. The van der Waals surface area contributed by atoms with Crippen molar-refractivity contribution in [3.63, 3.8) is 0 Å². The second kappa shape index (κ2) is 9.13. The Morgan fingerprint density at radius 1 is 1.03 bits per heavy atom. The Kier molecular flexibility index (Phi) is 6.59. The number of carbonyl (C=O) groups is 2. The van der Waals surface area contributed by atoms with Gasteiger partial charge in [0, 0.05) is 30.3 Å². The molecule has 2 aliphatic rings. The van der Waals surface area contributed by atoms with Crippen LogP contribution >= 0.6 is 0 Å². The zero-order chi connectivity index (χ0) is 21.0. The predicted octanol–water partition coefficient (Wildman–Crippen LogP) is 2.29. The molecule has 1 aliphatic carbocycles. The van der Waals surface area contributed by atoms with E-state index in [2.05, 4.69) is 4.90 Å². The molecule has 1 fully saturated rings. The molecule has 0 spiro atoms. The summed E-state index contributed by atoms with van der Waals surface area (Å²) in [6, 6.07) is 7.39. The van der Waals surface area contributed by atoms with Gasteiger partial charge in [0.1, 0.15) is 11.7 Å². The minimum absolute atomic E-state index is 0.391. The van der Waals surface area contributed by atoms with E-state index >= 15 is 0 Å². The summed E-state index contributed by atoms with van der Waals surface area (Å²) in [6.45, 7) is 4.40. The highest BCUT2D eigenvalue weighted by Crippen LogP contribution is 2.44. The molecule has 3 rings (SSSR count). The molecule has 7 heteroatoms. The summed E-state index contributed by atoms with van der Waals surface area (Å²) in [6.07, 6.45) is 1.90. The second-order valence-electron chi connectivity index (χ2n) is 7.01. The fraction of sp³-hybridized carbons (Fsp3) is 0.455. The second-order valence-corrected chi connectivity index (χ2v) is 7.01. The van der Waals surface area contributed by atoms with E-state index < -0.39 is 23.8 Å². The molecule has 0 aromatic heterocycles. The third-order valence-electron chi connectivity index (χ3n) is 5.46. The van der Waals surface area contributed by atoms with Crippen molar-refractivity contribution in [3.8, 4) is 5.75 Å². The van der Waals surface area contributed by atoms with Crippen LogP contribution < -0.4 is 4.74 Å². The van der Waals surface area contributed by atoms with Crippen molar-refractivity contribution < 1.29 is 28.5 Å². The van der Waals surface area contributed by atoms with Gasteiger partial charge in [0.2, 0.25) is 0 Å². The van der Waals surface area contributed by atoms with Gasteiger partial charge in [-0.15, -0.1) is 0 Å². The summed E-state index contributed by atoms with van der Waals surface area (Å²) in [7, 11) is 4.31. The maximum atomic E-state index is 13.0. The molecule has 156 valence electrons. The van der Waals surface area contributed by atoms with Crippen molar-refractivity contribution >= 4 is 11.9 Å². The van der Waals surface area contributed by atoms with E-state index in [1.54, 1.807) is 7.11 Å². The van der Waals surface area contributed by atoms with E-state index in [4.69, 9.17) is 18.9 Å². The van der Waals surface area contributed by atoms with Crippen LogP contribution in [0.5, 0.6) is 5.75 Å². The van der Waals surface area contributed by atoms with Gasteiger partial charge in [-0.2, -0.15) is 0 Å². The molecular weight excluding hydrogens is 374 g/mol. The topological polar surface area (TPSA) is 74.3 Å². The van der Waals surface area contributed by atoms with Crippen LogP contribution in [0.3, 0.4) is 0 Å². The number of benzene rings is 1. The van der Waals surface area contributed by atoms with Gasteiger partial charge in [-0.05, 0) is 36.3 Å². The lowest BCUT2D eigenvalue weighted by atomic mass is 9.73. The highest BCUT2D eigenvalue weighted by molar-refractivity contribution is 5.94. The number of esters is 2. The van der Waals surface area contributed by atoms with Crippen molar-refractivity contribution in [1.82, 2.24) is 4.90 Å². The van der Waals surface area contributed by atoms with Crippen LogP contribution in [0.1, 0.15) is 18.4 Å². The number of rotatable bonds is 5. The van der Waals surface area contributed by atoms with E-state index in [1.807, 2.05) is 37.3 Å². The van der Waals surface area contributed by atoms with Crippen LogP contribution in [0.4, 0.5) is 0 Å². The molecule has 1 aliphatic heterocycles. The van der Waals surface area contributed by atoms with Crippen LogP contribution in [0.2, 0.25) is 0 Å². The van der Waals surface area contributed by atoms with Crippen molar-refractivity contribution in [2.45, 2.75) is 12.8 Å². The number of nitrogens with zero attached hydrogens (tertiary/aromatic N) is 1. The molecular formula is C22H27NO6. The third-order valence-corrected chi connectivity index (χ3v) is 5.46. The molecule has 2 atom stereocenters. The van der Waals surface area contributed by atoms with Gasteiger partial charge in [-0.3, -0.25) is 4.79 Å². The normalized spacial score (nSPS) is 22.1. The Hall–Kier alpha value is -2.80. The maximum Gasteiger partial charge on any atom is 0.334 e. The number of methoxy groups -OCH3 is 3. The molecule has 1 aromatic rings. The third kappa shape index (κ3) is 4.15. The first-order chi connectivity index (χ1) is 14.0. The molecule has 0 unspecified atom stereocenters. The average Bonchev–Trinajstić information content (AvgIpc) is 2.78. The van der Waals surface area contributed by atoms with Crippen LogP contribution in [-0.2, 0) is 23.8 Å². The van der Waals surface area contributed by atoms with Crippen LogP contribution in [0.25, 0.3) is 0 Å². The van der Waals surface area contributed by atoms with E-state index in [0.717, 1.165) is 16.8 Å². The molecule has 1 heterocycles. The molecule has 0 N–H and O–H groups in total. The van der Waals surface area contributed by atoms with Crippen LogP contribution in [-0.4, -0.2) is 64.5 Å². The first-order valence-corrected chi connectivity index (χ1v) is 9.57. The molecule has 7 nitrogen and oxygen atoms in total. The van der Waals surface area contributed by atoms with Crippen molar-refractivity contribution in [1.29, 1.82) is 0 Å². The number of ether oxygens (including phenoxy) is 4. The number of allylic oxidation sites excluding steroid dienone is 2. The van der Waals surface area contributed by atoms with E-state index in [1.165, 1.54) is 14.2 Å². The van der Waals surface area contributed by atoms with Crippen molar-refractivity contribution in [2.24, 2.45) is 5.92 Å². The highest BCUT2D eigenvalue weighted by atomic mass is 16.5. The lowest BCUT2D eigenvalue weighted by molar-refractivity contribution is -0.145. The zero-order valence-corrected chi connectivity index (χ0v) is 17.3. The monoisotopic (exact) mass is 401 g/mol. The first kappa shape index (κ1) is 20.9. The van der Waals surface area contributed by atoms with Crippen LogP contribution in [0.15, 0.2) is 47.2 Å². The minimum Gasteiger partial charge on any atom is -0.497 e. The Balaban J connectivity index is 2.16. The van der Waals surface area contributed by atoms with Gasteiger partial charge in [-0.25, -0.2) is 4.79 Å². The molecule has 0 amide bonds. The van der Waals surface area contributed by atoms with Crippen molar-refractivity contribution in [2.75, 3.05) is 47.6 Å². The number of morpholine rings is 1. The van der Waals surface area contributed by atoms with E-state index in [-0.39, 0.29) is 0 Å². The highest BCUT2D eigenvalue weighted by Gasteiger charge is 2.44. The molecule has 1 aromatic carbocycles. The molecule has 0 radical (unpaired) electrons. The molecule has 29 heavy (non-hydrogen) atoms. The Morgan fingerprint density at radius 3 is 2.24 bits per heavy atom. The van der Waals surface area contributed by atoms with E-state index in [0.29, 0.717) is 37.6 Å². The van der Waals surface area contributed by atoms with Crippen molar-refractivity contribution in [3.05, 3.63) is 52.7 Å². The quantitative estimate of drug-likeness (QED) is 0.701. The summed E-state index contributed by atoms with van der Waals surface area (Å²) >= 11 is 0. The Morgan fingerprint density at radius 2 is 1.69 bits per heavy atom. The Bertz CT molecular complexity index is 820. The largest absolute Gasteiger partial charge is 0.497 e. The molecule has 0 bridgehead atoms. The predicted molar refractivity (Wildman–Crippen MR) is 106 cm³/mol. The summed E-state index contributed by atoms with van der Waals surface area (Å²) in [5, 5.41) is 0. The zero-order valence-electron chi connectivity index (χ0n) is 17.3. The fourth-order valence-electron chi connectivity index (χ4n) is 4.03. The number of hydrogen-bond donors (Lipinski definition) is 0. The lowest BCUT2D eigenvalue weighted by Gasteiger charge is -2.40. The minimum atomic E-state index is -0.663. The SMILES string of the molecule is COC(=O)C1=C(C)C=C(N2CCOCC2)[C@H](C(=O)OC)[C@H]1c1ccc(OC)cc1. The maximum absolute atomic E-state index is 13.0. The molecule has 0 saturated carbocycles. The van der Waals surface area contributed by atoms with Gasteiger partial charge in [0.15, 0.2) is 0 Å². The Labute approximate surface area is 170 Å². The van der Waals surface area contributed by atoms with Crippen LogP contribution in [0, 0.1) is 5.92 Å². The van der Waals surface area contributed by atoms with Gasteiger partial charge >= 0.3 is 11.9 Å². The summed E-state index contributed by atoms with van der Waals surface area (Å²) < 4.78 is 21.0. The lowest BCUT2D eigenvalue weighted by Crippen LogP contribution is -2.43. The summed E-state index contributed by atoms with van der Waals surface area (Å²) in [5.41, 5.74) is 2.90. The first-order valence-electron chi connectivity index (χ1n) is 9.57. The van der Waals surface area contributed by atoms with Gasteiger partial charge in [-0.1, -0.05) is 12.1 Å². The summed E-state index contributed by atoms with van der Waals surface area (Å²) in [4.78, 5) is 27.8. The van der Waals surface area contributed by atoms with Gasteiger partial charge < -0.3 is 23.8 Å². The average molecular weight is 401 g/mol. The smallest absolute Gasteiger partial charge is 0.334 e. The standard InChI is InChI=1S/C22H27NO6/c1-14-13-17(23-9-11-29-12-10-23)20(22(25)28-4)19(18(14)21(24)27-3)15-5-7-16(26-2)8-6-15/h5-8,13,19-20H,9-12H2,1-4H3/t19-,20-/m0/s1. The summed E-state index contributed by atoms with van der Waals surface area (Å²) in [5.74, 6) is -1.33. The number of carbonyl (C=O) groups excluding carboxylic acids is 2. The van der Waals surface area contributed by atoms with Gasteiger partial charge in [0.05, 0.1) is 34.5 Å². The van der Waals surface area contributed by atoms with Gasteiger partial charge in [0.25, 0.3) is 0 Å². The molecule has 1 saturated heterocycles.